The van der Waals surface area contributed by atoms with Gasteiger partial charge in [-0.25, -0.2) is 0 Å². The summed E-state index contributed by atoms with van der Waals surface area (Å²) in [4.78, 5) is 24.1. The van der Waals surface area contributed by atoms with E-state index in [0.717, 1.165) is 4.88 Å². The van der Waals surface area contributed by atoms with Gasteiger partial charge >= 0.3 is 0 Å². The molecule has 0 radical (unpaired) electrons. The van der Waals surface area contributed by atoms with Gasteiger partial charge in [-0.1, -0.05) is 11.2 Å². The molecule has 0 aliphatic carbocycles. The van der Waals surface area contributed by atoms with Gasteiger partial charge in [0.15, 0.2) is 5.82 Å². The van der Waals surface area contributed by atoms with Crippen molar-refractivity contribution in [2.45, 2.75) is 26.3 Å². The fraction of sp³-hybridized carbons (Fsp3) is 0.308. The van der Waals surface area contributed by atoms with Gasteiger partial charge in [0.2, 0.25) is 11.8 Å². The summed E-state index contributed by atoms with van der Waals surface area (Å²) in [7, 11) is 0. The van der Waals surface area contributed by atoms with Gasteiger partial charge in [0.05, 0.1) is 12.5 Å². The Morgan fingerprint density at radius 3 is 2.85 bits per heavy atom. The van der Waals surface area contributed by atoms with Gasteiger partial charge in [-0.05, 0) is 18.4 Å². The Hall–Kier alpha value is -2.15. The zero-order valence-corrected chi connectivity index (χ0v) is 12.0. The molecule has 2 aromatic heterocycles. The topological polar surface area (TPSA) is 84.2 Å². The number of nitrogens with zero attached hydrogens (tertiary/aromatic N) is 1. The van der Waals surface area contributed by atoms with Gasteiger partial charge in [-0.15, -0.1) is 11.3 Å². The fourth-order valence-corrected chi connectivity index (χ4v) is 2.54. The van der Waals surface area contributed by atoms with Crippen LogP contribution in [-0.2, 0) is 9.59 Å². The molecule has 2 rings (SSSR count). The molecule has 0 bridgehead atoms. The van der Waals surface area contributed by atoms with E-state index in [9.17, 15) is 9.59 Å². The molecule has 0 aliphatic rings. The molecule has 0 fully saturated rings. The van der Waals surface area contributed by atoms with Crippen LogP contribution in [0.15, 0.2) is 28.1 Å². The van der Waals surface area contributed by atoms with Crippen LogP contribution in [0.2, 0.25) is 0 Å². The number of rotatable bonds is 5. The van der Waals surface area contributed by atoms with E-state index in [4.69, 9.17) is 4.52 Å². The molecule has 2 heterocycles. The van der Waals surface area contributed by atoms with Crippen molar-refractivity contribution in [1.29, 1.82) is 0 Å². The van der Waals surface area contributed by atoms with Crippen LogP contribution in [0, 0.1) is 6.92 Å². The molecule has 1 unspecified atom stereocenters. The molecular weight excluding hydrogens is 278 g/mol. The molecular formula is C13H15N3O3S. The van der Waals surface area contributed by atoms with Crippen LogP contribution in [-0.4, -0.2) is 17.0 Å². The predicted octanol–water partition coefficient (Wildman–Crippen LogP) is 2.25. The lowest BCUT2D eigenvalue weighted by Crippen LogP contribution is -2.29. The molecule has 20 heavy (non-hydrogen) atoms. The summed E-state index contributed by atoms with van der Waals surface area (Å²) < 4.78 is 4.87. The van der Waals surface area contributed by atoms with Crippen molar-refractivity contribution < 1.29 is 14.1 Å². The molecule has 1 atom stereocenters. The summed E-state index contributed by atoms with van der Waals surface area (Å²) in [5.41, 5.74) is 0. The van der Waals surface area contributed by atoms with Crippen LogP contribution >= 0.6 is 11.3 Å². The van der Waals surface area contributed by atoms with Crippen molar-refractivity contribution >= 4 is 29.0 Å². The lowest BCUT2D eigenvalue weighted by molar-refractivity contribution is -0.120. The van der Waals surface area contributed by atoms with Crippen LogP contribution in [0.3, 0.4) is 0 Å². The quantitative estimate of drug-likeness (QED) is 0.885. The minimum atomic E-state index is -0.333. The maximum absolute atomic E-state index is 12.0. The SMILES string of the molecule is CC(=O)NC(CC(=O)Nc1cc(C)on1)c1cccs1. The van der Waals surface area contributed by atoms with Crippen molar-refractivity contribution in [2.24, 2.45) is 0 Å². The van der Waals surface area contributed by atoms with Crippen molar-refractivity contribution in [1.82, 2.24) is 10.5 Å². The maximum Gasteiger partial charge on any atom is 0.228 e. The standard InChI is InChI=1S/C13H15N3O3S/c1-8-6-12(16-19-8)15-13(18)7-10(14-9(2)17)11-4-3-5-20-11/h3-6,10H,7H2,1-2H3,(H,14,17)(H,15,16,18). The van der Waals surface area contributed by atoms with E-state index in [0.29, 0.717) is 11.6 Å². The number of thiophene rings is 1. The molecule has 0 aliphatic heterocycles. The average Bonchev–Trinajstić information content (AvgIpc) is 2.99. The first-order valence-corrected chi connectivity index (χ1v) is 6.96. The Kier molecular flexibility index (Phi) is 4.52. The number of anilines is 1. The highest BCUT2D eigenvalue weighted by Gasteiger charge is 2.18. The van der Waals surface area contributed by atoms with Crippen LogP contribution in [0.1, 0.15) is 30.0 Å². The van der Waals surface area contributed by atoms with Crippen molar-refractivity contribution in [3.8, 4) is 0 Å². The summed E-state index contributed by atoms with van der Waals surface area (Å²) in [6, 6.07) is 5.07. The predicted molar refractivity (Wildman–Crippen MR) is 75.4 cm³/mol. The number of amides is 2. The van der Waals surface area contributed by atoms with Gasteiger partial charge in [0, 0.05) is 17.9 Å². The molecule has 0 saturated heterocycles. The van der Waals surface area contributed by atoms with E-state index in [1.54, 1.807) is 13.0 Å². The number of hydrogen-bond acceptors (Lipinski definition) is 5. The van der Waals surface area contributed by atoms with Crippen molar-refractivity contribution in [3.05, 3.63) is 34.2 Å². The highest BCUT2D eigenvalue weighted by molar-refractivity contribution is 7.10. The number of aromatic nitrogens is 1. The number of hydrogen-bond donors (Lipinski definition) is 2. The smallest absolute Gasteiger partial charge is 0.228 e. The van der Waals surface area contributed by atoms with Gasteiger partial charge in [0.1, 0.15) is 5.76 Å². The molecule has 106 valence electrons. The molecule has 2 N–H and O–H groups in total. The number of aryl methyl sites for hydroxylation is 1. The molecule has 2 amide bonds. The second-order valence-electron chi connectivity index (χ2n) is 4.34. The van der Waals surface area contributed by atoms with Crippen LogP contribution in [0.5, 0.6) is 0 Å². The van der Waals surface area contributed by atoms with Crippen molar-refractivity contribution in [3.63, 3.8) is 0 Å². The first-order valence-electron chi connectivity index (χ1n) is 6.08. The highest BCUT2D eigenvalue weighted by atomic mass is 32.1. The van der Waals surface area contributed by atoms with E-state index >= 15 is 0 Å². The summed E-state index contributed by atoms with van der Waals surface area (Å²) in [5.74, 6) is 0.594. The number of nitrogens with one attached hydrogen (secondary N) is 2. The third-order valence-corrected chi connectivity index (χ3v) is 3.54. The number of carbonyl (C=O) groups excluding carboxylic acids is 2. The normalized spacial score (nSPS) is 11.9. The largest absolute Gasteiger partial charge is 0.360 e. The van der Waals surface area contributed by atoms with E-state index in [1.807, 2.05) is 17.5 Å². The van der Waals surface area contributed by atoms with E-state index in [1.165, 1.54) is 18.3 Å². The summed E-state index contributed by atoms with van der Waals surface area (Å²) in [6.45, 7) is 3.17. The lowest BCUT2D eigenvalue weighted by Gasteiger charge is -2.15. The van der Waals surface area contributed by atoms with E-state index in [-0.39, 0.29) is 24.3 Å². The maximum atomic E-state index is 12.0. The first-order chi connectivity index (χ1) is 9.54. The minimum absolute atomic E-state index is 0.145. The Morgan fingerprint density at radius 2 is 2.30 bits per heavy atom. The first kappa shape index (κ1) is 14.3. The second kappa shape index (κ2) is 6.33. The van der Waals surface area contributed by atoms with E-state index in [2.05, 4.69) is 15.8 Å². The monoisotopic (exact) mass is 293 g/mol. The van der Waals surface area contributed by atoms with Crippen LogP contribution < -0.4 is 10.6 Å². The van der Waals surface area contributed by atoms with Gasteiger partial charge in [0.25, 0.3) is 0 Å². The fourth-order valence-electron chi connectivity index (χ4n) is 1.76. The summed E-state index contributed by atoms with van der Waals surface area (Å²) >= 11 is 1.50. The average molecular weight is 293 g/mol. The van der Waals surface area contributed by atoms with E-state index < -0.39 is 0 Å². The van der Waals surface area contributed by atoms with Gasteiger partial charge in [-0.2, -0.15) is 0 Å². The Morgan fingerprint density at radius 1 is 1.50 bits per heavy atom. The zero-order chi connectivity index (χ0) is 14.5. The molecule has 0 spiro atoms. The van der Waals surface area contributed by atoms with Gasteiger partial charge < -0.3 is 15.2 Å². The molecule has 2 aromatic rings. The third kappa shape index (κ3) is 3.92. The minimum Gasteiger partial charge on any atom is -0.360 e. The molecule has 7 heteroatoms. The zero-order valence-electron chi connectivity index (χ0n) is 11.2. The molecule has 0 saturated carbocycles. The summed E-state index contributed by atoms with van der Waals surface area (Å²) in [6.07, 6.45) is 0.145. The highest BCUT2D eigenvalue weighted by Crippen LogP contribution is 2.22. The Labute approximate surface area is 120 Å². The Balaban J connectivity index is 2.00. The Bertz CT molecular complexity index is 592. The second-order valence-corrected chi connectivity index (χ2v) is 5.32. The number of carbonyl (C=O) groups is 2. The third-order valence-electron chi connectivity index (χ3n) is 2.55. The van der Waals surface area contributed by atoms with Crippen LogP contribution in [0.4, 0.5) is 5.82 Å². The van der Waals surface area contributed by atoms with Gasteiger partial charge in [-0.3, -0.25) is 9.59 Å². The summed E-state index contributed by atoms with van der Waals surface area (Å²) in [5, 5.41) is 11.0. The molecule has 0 aromatic carbocycles. The van der Waals surface area contributed by atoms with Crippen LogP contribution in [0.25, 0.3) is 0 Å². The lowest BCUT2D eigenvalue weighted by atomic mass is 10.1. The van der Waals surface area contributed by atoms with Crippen molar-refractivity contribution in [2.75, 3.05) is 5.32 Å². The molecule has 6 nitrogen and oxygen atoms in total.